The SMILES string of the molecule is O=C(CN1CSCC1=O)N1CCN(c2ccccc2Cl)CC1. The van der Waals surface area contributed by atoms with E-state index < -0.39 is 0 Å². The lowest BCUT2D eigenvalue weighted by Gasteiger charge is -2.37. The predicted molar refractivity (Wildman–Crippen MR) is 89.3 cm³/mol. The molecule has 2 aliphatic heterocycles. The highest BCUT2D eigenvalue weighted by molar-refractivity contribution is 8.00. The summed E-state index contributed by atoms with van der Waals surface area (Å²) < 4.78 is 0. The maximum Gasteiger partial charge on any atom is 0.242 e. The monoisotopic (exact) mass is 339 g/mol. The summed E-state index contributed by atoms with van der Waals surface area (Å²) >= 11 is 7.78. The fourth-order valence-corrected chi connectivity index (χ4v) is 3.87. The first-order chi connectivity index (χ1) is 10.6. The van der Waals surface area contributed by atoms with E-state index in [9.17, 15) is 9.59 Å². The number of carbonyl (C=O) groups is 2. The number of para-hydroxylation sites is 1. The largest absolute Gasteiger partial charge is 0.367 e. The van der Waals surface area contributed by atoms with E-state index in [1.54, 1.807) is 16.7 Å². The van der Waals surface area contributed by atoms with Crippen LogP contribution in [0, 0.1) is 0 Å². The summed E-state index contributed by atoms with van der Waals surface area (Å²) in [7, 11) is 0. The quantitative estimate of drug-likeness (QED) is 0.837. The van der Waals surface area contributed by atoms with Crippen LogP contribution in [-0.2, 0) is 9.59 Å². The molecule has 0 N–H and O–H groups in total. The first-order valence-electron chi connectivity index (χ1n) is 7.28. The molecule has 0 spiro atoms. The van der Waals surface area contributed by atoms with Crippen LogP contribution in [0.3, 0.4) is 0 Å². The Kier molecular flexibility index (Phi) is 4.78. The molecule has 2 amide bonds. The number of hydrogen-bond donors (Lipinski definition) is 0. The summed E-state index contributed by atoms with van der Waals surface area (Å²) in [5, 5.41) is 0.738. The molecule has 0 aliphatic carbocycles. The van der Waals surface area contributed by atoms with Crippen molar-refractivity contribution in [3.05, 3.63) is 29.3 Å². The van der Waals surface area contributed by atoms with Gasteiger partial charge in [-0.2, -0.15) is 0 Å². The molecule has 118 valence electrons. The molecule has 0 atom stereocenters. The number of carbonyl (C=O) groups excluding carboxylic acids is 2. The molecule has 5 nitrogen and oxygen atoms in total. The predicted octanol–water partition coefficient (Wildman–Crippen LogP) is 1.52. The fraction of sp³-hybridized carbons (Fsp3) is 0.467. The summed E-state index contributed by atoms with van der Waals surface area (Å²) in [6.45, 7) is 3.06. The van der Waals surface area contributed by atoms with E-state index in [1.807, 2.05) is 29.2 Å². The molecule has 0 radical (unpaired) electrons. The van der Waals surface area contributed by atoms with Crippen LogP contribution in [0.2, 0.25) is 5.02 Å². The summed E-state index contributed by atoms with van der Waals surface area (Å²) in [6.07, 6.45) is 0. The Hall–Kier alpha value is -1.40. The Morgan fingerprint density at radius 2 is 1.91 bits per heavy atom. The highest BCUT2D eigenvalue weighted by atomic mass is 35.5. The van der Waals surface area contributed by atoms with Gasteiger partial charge in [0, 0.05) is 26.2 Å². The van der Waals surface area contributed by atoms with Gasteiger partial charge in [0.1, 0.15) is 6.54 Å². The molecule has 22 heavy (non-hydrogen) atoms. The lowest BCUT2D eigenvalue weighted by molar-refractivity contribution is -0.138. The first-order valence-corrected chi connectivity index (χ1v) is 8.81. The number of nitrogens with zero attached hydrogens (tertiary/aromatic N) is 3. The van der Waals surface area contributed by atoms with Crippen LogP contribution >= 0.6 is 23.4 Å². The van der Waals surface area contributed by atoms with Crippen LogP contribution in [0.4, 0.5) is 5.69 Å². The fourth-order valence-electron chi connectivity index (χ4n) is 2.71. The van der Waals surface area contributed by atoms with Gasteiger partial charge in [-0.25, -0.2) is 0 Å². The Morgan fingerprint density at radius 3 is 2.55 bits per heavy atom. The van der Waals surface area contributed by atoms with Crippen LogP contribution < -0.4 is 4.90 Å². The van der Waals surface area contributed by atoms with Crippen LogP contribution in [0.15, 0.2) is 24.3 Å². The molecule has 2 saturated heterocycles. The van der Waals surface area contributed by atoms with Crippen LogP contribution in [0.25, 0.3) is 0 Å². The average molecular weight is 340 g/mol. The molecule has 2 aliphatic rings. The lowest BCUT2D eigenvalue weighted by atomic mass is 10.2. The van der Waals surface area contributed by atoms with Gasteiger partial charge in [-0.05, 0) is 12.1 Å². The van der Waals surface area contributed by atoms with Crippen molar-refractivity contribution in [2.24, 2.45) is 0 Å². The summed E-state index contributed by atoms with van der Waals surface area (Å²) in [5.74, 6) is 1.22. The van der Waals surface area contributed by atoms with E-state index in [2.05, 4.69) is 4.90 Å². The molecule has 2 heterocycles. The number of amides is 2. The van der Waals surface area contributed by atoms with E-state index in [-0.39, 0.29) is 18.4 Å². The maximum absolute atomic E-state index is 12.3. The smallest absolute Gasteiger partial charge is 0.242 e. The van der Waals surface area contributed by atoms with Gasteiger partial charge in [0.05, 0.1) is 22.3 Å². The van der Waals surface area contributed by atoms with Crippen molar-refractivity contribution in [1.29, 1.82) is 0 Å². The number of halogens is 1. The van der Waals surface area contributed by atoms with Gasteiger partial charge in [0.25, 0.3) is 0 Å². The summed E-state index contributed by atoms with van der Waals surface area (Å²) in [6, 6.07) is 7.76. The lowest BCUT2D eigenvalue weighted by Crippen LogP contribution is -2.51. The first kappa shape index (κ1) is 15.5. The number of thioether (sulfide) groups is 1. The second-order valence-electron chi connectivity index (χ2n) is 5.39. The third-order valence-corrected chi connectivity index (χ3v) is 5.24. The van der Waals surface area contributed by atoms with Gasteiger partial charge < -0.3 is 14.7 Å². The molecular weight excluding hydrogens is 322 g/mol. The van der Waals surface area contributed by atoms with Crippen molar-refractivity contribution in [2.75, 3.05) is 49.3 Å². The molecule has 7 heteroatoms. The van der Waals surface area contributed by atoms with Gasteiger partial charge in [-0.15, -0.1) is 11.8 Å². The molecule has 0 saturated carbocycles. The molecular formula is C15H18ClN3O2S. The zero-order valence-corrected chi connectivity index (χ0v) is 13.8. The summed E-state index contributed by atoms with van der Waals surface area (Å²) in [5.41, 5.74) is 1.02. The molecule has 1 aromatic carbocycles. The van der Waals surface area contributed by atoms with Crippen molar-refractivity contribution >= 4 is 40.9 Å². The zero-order valence-electron chi connectivity index (χ0n) is 12.2. The highest BCUT2D eigenvalue weighted by Gasteiger charge is 2.27. The number of benzene rings is 1. The molecule has 0 bridgehead atoms. The molecule has 0 aromatic heterocycles. The average Bonchev–Trinajstić information content (AvgIpc) is 2.93. The van der Waals surface area contributed by atoms with Crippen LogP contribution in [0.1, 0.15) is 0 Å². The molecule has 1 aromatic rings. The van der Waals surface area contributed by atoms with Gasteiger partial charge in [-0.3, -0.25) is 9.59 Å². The number of piperazine rings is 1. The Morgan fingerprint density at radius 1 is 1.18 bits per heavy atom. The summed E-state index contributed by atoms with van der Waals surface area (Å²) in [4.78, 5) is 29.5. The minimum atomic E-state index is 0.0367. The van der Waals surface area contributed by atoms with Gasteiger partial charge in [0.15, 0.2) is 0 Å². The Labute approximate surface area is 139 Å². The zero-order chi connectivity index (χ0) is 15.5. The standard InChI is InChI=1S/C15H18ClN3O2S/c16-12-3-1-2-4-13(12)17-5-7-18(8-6-17)14(20)9-19-11-22-10-15(19)21/h1-4H,5-11H2. The minimum absolute atomic E-state index is 0.0367. The molecule has 3 rings (SSSR count). The normalized spacial score (nSPS) is 19.0. The Bertz CT molecular complexity index is 576. The highest BCUT2D eigenvalue weighted by Crippen LogP contribution is 2.26. The van der Waals surface area contributed by atoms with E-state index in [4.69, 9.17) is 11.6 Å². The second kappa shape index (κ2) is 6.79. The number of rotatable bonds is 3. The third kappa shape index (κ3) is 3.33. The van der Waals surface area contributed by atoms with Crippen LogP contribution in [-0.4, -0.2) is 66.0 Å². The van der Waals surface area contributed by atoms with Crippen molar-refractivity contribution in [1.82, 2.24) is 9.80 Å². The van der Waals surface area contributed by atoms with E-state index in [1.165, 1.54) is 0 Å². The van der Waals surface area contributed by atoms with E-state index >= 15 is 0 Å². The van der Waals surface area contributed by atoms with E-state index in [0.29, 0.717) is 24.7 Å². The van der Waals surface area contributed by atoms with Crippen molar-refractivity contribution in [2.45, 2.75) is 0 Å². The van der Waals surface area contributed by atoms with Crippen LogP contribution in [0.5, 0.6) is 0 Å². The van der Waals surface area contributed by atoms with Crippen molar-refractivity contribution in [3.63, 3.8) is 0 Å². The van der Waals surface area contributed by atoms with E-state index in [0.717, 1.165) is 23.8 Å². The minimum Gasteiger partial charge on any atom is -0.367 e. The van der Waals surface area contributed by atoms with Gasteiger partial charge in [0.2, 0.25) is 11.8 Å². The molecule has 2 fully saturated rings. The topological polar surface area (TPSA) is 43.9 Å². The van der Waals surface area contributed by atoms with Gasteiger partial charge in [-0.1, -0.05) is 23.7 Å². The van der Waals surface area contributed by atoms with Gasteiger partial charge >= 0.3 is 0 Å². The Balaban J connectivity index is 1.54. The number of hydrogen-bond acceptors (Lipinski definition) is 4. The van der Waals surface area contributed by atoms with Crippen molar-refractivity contribution < 1.29 is 9.59 Å². The van der Waals surface area contributed by atoms with Crippen molar-refractivity contribution in [3.8, 4) is 0 Å². The second-order valence-corrected chi connectivity index (χ2v) is 6.75. The number of anilines is 1. The maximum atomic E-state index is 12.3. The third-order valence-electron chi connectivity index (χ3n) is 3.98. The molecule has 0 unspecified atom stereocenters.